The Morgan fingerprint density at radius 2 is 1.33 bits per heavy atom. The van der Waals surface area contributed by atoms with E-state index in [0.29, 0.717) is 11.3 Å². The minimum atomic E-state index is -0.891. The number of hydrogen-bond acceptors (Lipinski definition) is 5. The van der Waals surface area contributed by atoms with E-state index in [9.17, 15) is 14.7 Å². The lowest BCUT2D eigenvalue weighted by atomic mass is 10.1. The molecule has 0 aliphatic rings. The second-order valence-electron chi connectivity index (χ2n) is 6.61. The lowest BCUT2D eigenvalue weighted by molar-refractivity contribution is -0.136. The number of amides is 2. The normalized spacial score (nSPS) is 11.4. The third-order valence-electron chi connectivity index (χ3n) is 4.10. The van der Waals surface area contributed by atoms with Crippen molar-refractivity contribution in [2.75, 3.05) is 49.9 Å². The smallest absolute Gasteiger partial charge is 0.313 e. The summed E-state index contributed by atoms with van der Waals surface area (Å²) in [6.07, 6.45) is -0.891. The summed E-state index contributed by atoms with van der Waals surface area (Å²) < 4.78 is 0. The van der Waals surface area contributed by atoms with Crippen molar-refractivity contribution >= 4 is 28.9 Å². The molecule has 0 aromatic heterocycles. The first kappa shape index (κ1) is 20.3. The summed E-state index contributed by atoms with van der Waals surface area (Å²) in [5, 5.41) is 15.2. The van der Waals surface area contributed by atoms with Gasteiger partial charge in [0.05, 0.1) is 6.10 Å². The van der Waals surface area contributed by atoms with Crippen LogP contribution in [0.1, 0.15) is 11.7 Å². The van der Waals surface area contributed by atoms with Gasteiger partial charge in [-0.05, 0) is 42.0 Å². The van der Waals surface area contributed by atoms with Crippen LogP contribution in [0.5, 0.6) is 0 Å². The molecule has 0 aliphatic heterocycles. The van der Waals surface area contributed by atoms with E-state index < -0.39 is 17.9 Å². The van der Waals surface area contributed by atoms with E-state index >= 15 is 0 Å². The number of aliphatic hydroxyl groups excluding tert-OH is 1. The molecule has 27 heavy (non-hydrogen) atoms. The molecule has 0 aliphatic carbocycles. The van der Waals surface area contributed by atoms with E-state index in [1.54, 1.807) is 24.3 Å². The van der Waals surface area contributed by atoms with E-state index in [2.05, 4.69) is 10.6 Å². The van der Waals surface area contributed by atoms with Crippen LogP contribution in [0, 0.1) is 0 Å². The highest BCUT2D eigenvalue weighted by atomic mass is 16.3. The molecule has 0 radical (unpaired) electrons. The van der Waals surface area contributed by atoms with Gasteiger partial charge < -0.3 is 25.5 Å². The first-order chi connectivity index (χ1) is 12.8. The van der Waals surface area contributed by atoms with Crippen LogP contribution >= 0.6 is 0 Å². The van der Waals surface area contributed by atoms with Crippen LogP contribution in [0.4, 0.5) is 17.1 Å². The number of rotatable bonds is 6. The first-order valence-corrected chi connectivity index (χ1v) is 8.60. The van der Waals surface area contributed by atoms with Crippen molar-refractivity contribution in [3.05, 3.63) is 54.1 Å². The molecule has 1 atom stereocenters. The molecule has 0 fully saturated rings. The van der Waals surface area contributed by atoms with Crippen molar-refractivity contribution in [3.8, 4) is 0 Å². The van der Waals surface area contributed by atoms with Crippen LogP contribution in [0.15, 0.2) is 48.5 Å². The third kappa shape index (κ3) is 5.72. The highest BCUT2D eigenvalue weighted by Gasteiger charge is 2.16. The number of nitrogens with zero attached hydrogens (tertiary/aromatic N) is 2. The Hall–Kier alpha value is -3.06. The van der Waals surface area contributed by atoms with Crippen molar-refractivity contribution in [1.29, 1.82) is 0 Å². The van der Waals surface area contributed by atoms with E-state index in [4.69, 9.17) is 0 Å². The molecule has 0 saturated carbocycles. The lowest BCUT2D eigenvalue weighted by Gasteiger charge is -2.16. The number of nitrogens with one attached hydrogen (secondary N) is 2. The quantitative estimate of drug-likeness (QED) is 0.673. The van der Waals surface area contributed by atoms with Gasteiger partial charge in [0.15, 0.2) is 0 Å². The van der Waals surface area contributed by atoms with Gasteiger partial charge in [-0.2, -0.15) is 0 Å². The zero-order valence-corrected chi connectivity index (χ0v) is 16.1. The SMILES string of the molecule is CN(C)c1ccc(NC(=O)C(=O)NCC(O)c2ccc(N(C)C)cc2)cc1. The molecular formula is C20H26N4O3. The van der Waals surface area contributed by atoms with Gasteiger partial charge >= 0.3 is 11.8 Å². The Morgan fingerprint density at radius 3 is 1.81 bits per heavy atom. The van der Waals surface area contributed by atoms with E-state index in [1.807, 2.05) is 62.3 Å². The minimum Gasteiger partial charge on any atom is -0.387 e. The van der Waals surface area contributed by atoms with E-state index in [-0.39, 0.29) is 6.54 Å². The second-order valence-corrected chi connectivity index (χ2v) is 6.61. The van der Waals surface area contributed by atoms with Gasteiger partial charge in [-0.25, -0.2) is 0 Å². The summed E-state index contributed by atoms with van der Waals surface area (Å²) in [7, 11) is 7.69. The molecule has 0 bridgehead atoms. The van der Waals surface area contributed by atoms with Crippen molar-refractivity contribution in [1.82, 2.24) is 5.32 Å². The predicted octanol–water partition coefficient (Wildman–Crippen LogP) is 1.61. The molecule has 0 heterocycles. The van der Waals surface area contributed by atoms with Gasteiger partial charge in [0.2, 0.25) is 0 Å². The zero-order valence-electron chi connectivity index (χ0n) is 16.1. The van der Waals surface area contributed by atoms with Gasteiger partial charge in [0, 0.05) is 51.8 Å². The fourth-order valence-corrected chi connectivity index (χ4v) is 2.41. The van der Waals surface area contributed by atoms with Gasteiger partial charge in [-0.15, -0.1) is 0 Å². The molecule has 1 unspecified atom stereocenters. The number of benzene rings is 2. The van der Waals surface area contributed by atoms with Crippen molar-refractivity contribution < 1.29 is 14.7 Å². The van der Waals surface area contributed by atoms with Crippen LogP contribution in [-0.2, 0) is 9.59 Å². The zero-order chi connectivity index (χ0) is 20.0. The van der Waals surface area contributed by atoms with Crippen LogP contribution in [0.25, 0.3) is 0 Å². The van der Waals surface area contributed by atoms with Gasteiger partial charge in [-0.1, -0.05) is 12.1 Å². The fourth-order valence-electron chi connectivity index (χ4n) is 2.41. The summed E-state index contributed by atoms with van der Waals surface area (Å²) in [5.41, 5.74) is 3.19. The average molecular weight is 370 g/mol. The molecular weight excluding hydrogens is 344 g/mol. The minimum absolute atomic E-state index is 0.0485. The van der Waals surface area contributed by atoms with Crippen LogP contribution < -0.4 is 20.4 Å². The average Bonchev–Trinajstić information content (AvgIpc) is 2.66. The van der Waals surface area contributed by atoms with Gasteiger partial charge in [-0.3, -0.25) is 9.59 Å². The second kappa shape index (κ2) is 9.05. The van der Waals surface area contributed by atoms with E-state index in [1.165, 1.54) is 0 Å². The topological polar surface area (TPSA) is 84.9 Å². The molecule has 3 N–H and O–H groups in total. The molecule has 2 aromatic rings. The Kier molecular flexibility index (Phi) is 6.79. The maximum atomic E-state index is 12.0. The van der Waals surface area contributed by atoms with Crippen molar-refractivity contribution in [2.45, 2.75) is 6.10 Å². The molecule has 0 saturated heterocycles. The Balaban J connectivity index is 1.85. The molecule has 7 heteroatoms. The number of anilines is 3. The summed E-state index contributed by atoms with van der Waals surface area (Å²) in [5.74, 6) is -1.57. The van der Waals surface area contributed by atoms with Crippen molar-refractivity contribution in [3.63, 3.8) is 0 Å². The maximum absolute atomic E-state index is 12.0. The highest BCUT2D eigenvalue weighted by Crippen LogP contribution is 2.18. The van der Waals surface area contributed by atoms with Gasteiger partial charge in [0.25, 0.3) is 0 Å². The highest BCUT2D eigenvalue weighted by molar-refractivity contribution is 6.39. The third-order valence-corrected chi connectivity index (χ3v) is 4.10. The Labute approximate surface area is 159 Å². The van der Waals surface area contributed by atoms with Crippen molar-refractivity contribution in [2.24, 2.45) is 0 Å². The number of carbonyl (C=O) groups is 2. The summed E-state index contributed by atoms with van der Waals surface area (Å²) in [6.45, 7) is -0.0485. The summed E-state index contributed by atoms with van der Waals surface area (Å²) in [6, 6.07) is 14.5. The number of hydrogen-bond donors (Lipinski definition) is 3. The van der Waals surface area contributed by atoms with Crippen LogP contribution in [-0.4, -0.2) is 51.7 Å². The maximum Gasteiger partial charge on any atom is 0.313 e. The molecule has 144 valence electrons. The summed E-state index contributed by atoms with van der Waals surface area (Å²) >= 11 is 0. The molecule has 0 spiro atoms. The number of carbonyl (C=O) groups excluding carboxylic acids is 2. The fraction of sp³-hybridized carbons (Fsp3) is 0.300. The largest absolute Gasteiger partial charge is 0.387 e. The predicted molar refractivity (Wildman–Crippen MR) is 108 cm³/mol. The molecule has 2 aromatic carbocycles. The molecule has 2 amide bonds. The molecule has 2 rings (SSSR count). The summed E-state index contributed by atoms with van der Waals surface area (Å²) in [4.78, 5) is 27.8. The standard InChI is InChI=1S/C20H26N4O3/c1-23(2)16-9-5-14(6-10-16)18(25)13-21-19(26)20(27)22-15-7-11-17(12-8-15)24(3)4/h5-12,18,25H,13H2,1-4H3,(H,21,26)(H,22,27). The number of aliphatic hydroxyl groups is 1. The molecule has 7 nitrogen and oxygen atoms in total. The Bertz CT molecular complexity index is 771. The van der Waals surface area contributed by atoms with Crippen LogP contribution in [0.3, 0.4) is 0 Å². The van der Waals surface area contributed by atoms with Gasteiger partial charge in [0.1, 0.15) is 0 Å². The lowest BCUT2D eigenvalue weighted by Crippen LogP contribution is -2.37. The first-order valence-electron chi connectivity index (χ1n) is 8.60. The van der Waals surface area contributed by atoms with Crippen LogP contribution in [0.2, 0.25) is 0 Å². The monoisotopic (exact) mass is 370 g/mol. The van der Waals surface area contributed by atoms with E-state index in [0.717, 1.165) is 11.4 Å². The Morgan fingerprint density at radius 1 is 0.852 bits per heavy atom.